The Labute approximate surface area is 120 Å². The van der Waals surface area contributed by atoms with Crippen LogP contribution in [0.4, 0.5) is 0 Å². The lowest BCUT2D eigenvalue weighted by molar-refractivity contribution is 0.134. The van der Waals surface area contributed by atoms with Gasteiger partial charge in [-0.2, -0.15) is 0 Å². The summed E-state index contributed by atoms with van der Waals surface area (Å²) in [6.45, 7) is 12.0. The Kier molecular flexibility index (Phi) is 5.30. The summed E-state index contributed by atoms with van der Waals surface area (Å²) in [4.78, 5) is 2.87. The molecule has 0 bridgehead atoms. The number of unbranched alkanes of at least 4 members (excludes halogenated alkanes) is 1. The van der Waals surface area contributed by atoms with Crippen LogP contribution in [0.1, 0.15) is 72.6 Å². The fourth-order valence-electron chi connectivity index (χ4n) is 3.80. The van der Waals surface area contributed by atoms with Crippen molar-refractivity contribution in [2.45, 2.75) is 90.8 Å². The van der Waals surface area contributed by atoms with E-state index in [1.807, 2.05) is 0 Å². The number of nitrogens with one attached hydrogen (secondary N) is 1. The first-order valence-electron chi connectivity index (χ1n) is 8.59. The van der Waals surface area contributed by atoms with E-state index in [0.29, 0.717) is 11.5 Å². The third-order valence-electron chi connectivity index (χ3n) is 5.14. The molecule has 2 atom stereocenters. The van der Waals surface area contributed by atoms with Crippen LogP contribution in [0.15, 0.2) is 0 Å². The molecule has 2 unspecified atom stereocenters. The Morgan fingerprint density at radius 2 is 1.84 bits per heavy atom. The van der Waals surface area contributed by atoms with Crippen LogP contribution in [0, 0.1) is 5.41 Å². The van der Waals surface area contributed by atoms with Crippen LogP contribution in [0.3, 0.4) is 0 Å². The van der Waals surface area contributed by atoms with Crippen molar-refractivity contribution >= 4 is 0 Å². The molecular weight excluding hydrogens is 232 g/mol. The van der Waals surface area contributed by atoms with Gasteiger partial charge >= 0.3 is 0 Å². The largest absolute Gasteiger partial charge is 0.312 e. The summed E-state index contributed by atoms with van der Waals surface area (Å²) in [5, 5.41) is 3.87. The molecular formula is C17H34N2. The van der Waals surface area contributed by atoms with Gasteiger partial charge in [0, 0.05) is 18.1 Å². The van der Waals surface area contributed by atoms with Gasteiger partial charge in [0.25, 0.3) is 0 Å². The van der Waals surface area contributed by atoms with Crippen molar-refractivity contribution in [3.63, 3.8) is 0 Å². The molecule has 0 aromatic carbocycles. The first-order valence-corrected chi connectivity index (χ1v) is 8.59. The molecule has 0 radical (unpaired) electrons. The Bertz CT molecular complexity index is 270. The fraction of sp³-hybridized carbons (Fsp3) is 1.00. The fourth-order valence-corrected chi connectivity index (χ4v) is 3.80. The Hall–Kier alpha value is -0.0800. The maximum atomic E-state index is 3.87. The van der Waals surface area contributed by atoms with Crippen LogP contribution in [-0.2, 0) is 0 Å². The standard InChI is InChI=1S/C17H34N2/c1-5-7-13-19(14-8-9-14)15-10-11-17(3,4)16(15)18-12-6-2/h14-16,18H,5-13H2,1-4H3. The van der Waals surface area contributed by atoms with Crippen LogP contribution in [0.5, 0.6) is 0 Å². The molecule has 2 fully saturated rings. The zero-order chi connectivity index (χ0) is 13.9. The average Bonchev–Trinajstić information content (AvgIpc) is 3.15. The van der Waals surface area contributed by atoms with E-state index in [1.54, 1.807) is 0 Å². The Balaban J connectivity index is 2.02. The van der Waals surface area contributed by atoms with Gasteiger partial charge in [0.1, 0.15) is 0 Å². The SMILES string of the molecule is CCCCN(C1CC1)C1CCC(C)(C)C1NCCC. The zero-order valence-electron chi connectivity index (χ0n) is 13.5. The van der Waals surface area contributed by atoms with E-state index >= 15 is 0 Å². The van der Waals surface area contributed by atoms with Crippen molar-refractivity contribution in [2.75, 3.05) is 13.1 Å². The summed E-state index contributed by atoms with van der Waals surface area (Å²) in [6.07, 6.45) is 9.61. The Morgan fingerprint density at radius 3 is 2.42 bits per heavy atom. The molecule has 0 amide bonds. The number of hydrogen-bond donors (Lipinski definition) is 1. The monoisotopic (exact) mass is 266 g/mol. The van der Waals surface area contributed by atoms with Crippen LogP contribution in [-0.4, -0.2) is 36.1 Å². The van der Waals surface area contributed by atoms with Crippen LogP contribution >= 0.6 is 0 Å². The molecule has 0 aromatic heterocycles. The number of hydrogen-bond acceptors (Lipinski definition) is 2. The van der Waals surface area contributed by atoms with E-state index in [4.69, 9.17) is 0 Å². The van der Waals surface area contributed by atoms with Crippen molar-refractivity contribution in [3.8, 4) is 0 Å². The predicted molar refractivity (Wildman–Crippen MR) is 83.5 cm³/mol. The lowest BCUT2D eigenvalue weighted by atomic mass is 9.86. The van der Waals surface area contributed by atoms with Gasteiger partial charge in [-0.25, -0.2) is 0 Å². The minimum Gasteiger partial charge on any atom is -0.312 e. The van der Waals surface area contributed by atoms with Gasteiger partial charge in [0.15, 0.2) is 0 Å². The minimum absolute atomic E-state index is 0.471. The van der Waals surface area contributed by atoms with Crippen molar-refractivity contribution in [1.82, 2.24) is 10.2 Å². The topological polar surface area (TPSA) is 15.3 Å². The third kappa shape index (κ3) is 3.72. The summed E-state index contributed by atoms with van der Waals surface area (Å²) >= 11 is 0. The van der Waals surface area contributed by atoms with Gasteiger partial charge in [0.2, 0.25) is 0 Å². The zero-order valence-corrected chi connectivity index (χ0v) is 13.5. The maximum absolute atomic E-state index is 3.87. The molecule has 2 saturated carbocycles. The van der Waals surface area contributed by atoms with E-state index < -0.39 is 0 Å². The van der Waals surface area contributed by atoms with E-state index in [9.17, 15) is 0 Å². The molecule has 2 nitrogen and oxygen atoms in total. The van der Waals surface area contributed by atoms with Gasteiger partial charge in [-0.15, -0.1) is 0 Å². The average molecular weight is 266 g/mol. The Morgan fingerprint density at radius 1 is 1.11 bits per heavy atom. The molecule has 0 aliphatic heterocycles. The maximum Gasteiger partial charge on any atom is 0.0274 e. The molecule has 2 rings (SSSR count). The van der Waals surface area contributed by atoms with Gasteiger partial charge in [-0.05, 0) is 57.0 Å². The van der Waals surface area contributed by atoms with Crippen LogP contribution in [0.2, 0.25) is 0 Å². The number of rotatable bonds is 8. The lowest BCUT2D eigenvalue weighted by Crippen LogP contribution is -2.53. The summed E-state index contributed by atoms with van der Waals surface area (Å²) in [5.74, 6) is 0. The molecule has 0 spiro atoms. The molecule has 2 aliphatic carbocycles. The minimum atomic E-state index is 0.471. The molecule has 2 heteroatoms. The smallest absolute Gasteiger partial charge is 0.0274 e. The number of nitrogens with zero attached hydrogens (tertiary/aromatic N) is 1. The normalized spacial score (nSPS) is 30.2. The second kappa shape index (κ2) is 6.58. The van der Waals surface area contributed by atoms with E-state index in [-0.39, 0.29) is 0 Å². The third-order valence-corrected chi connectivity index (χ3v) is 5.14. The second-order valence-electron chi connectivity index (χ2n) is 7.35. The van der Waals surface area contributed by atoms with Gasteiger partial charge < -0.3 is 5.32 Å². The summed E-state index contributed by atoms with van der Waals surface area (Å²) in [6, 6.07) is 2.40. The van der Waals surface area contributed by atoms with Crippen LogP contribution in [0.25, 0.3) is 0 Å². The second-order valence-corrected chi connectivity index (χ2v) is 7.35. The van der Waals surface area contributed by atoms with Crippen molar-refractivity contribution in [1.29, 1.82) is 0 Å². The van der Waals surface area contributed by atoms with Gasteiger partial charge in [-0.1, -0.05) is 34.1 Å². The van der Waals surface area contributed by atoms with E-state index in [2.05, 4.69) is 37.9 Å². The van der Waals surface area contributed by atoms with E-state index in [0.717, 1.165) is 12.1 Å². The van der Waals surface area contributed by atoms with Crippen molar-refractivity contribution in [3.05, 3.63) is 0 Å². The van der Waals surface area contributed by atoms with Gasteiger partial charge in [0.05, 0.1) is 0 Å². The molecule has 0 aromatic rings. The molecule has 0 saturated heterocycles. The molecule has 1 N–H and O–H groups in total. The van der Waals surface area contributed by atoms with Crippen molar-refractivity contribution < 1.29 is 0 Å². The highest BCUT2D eigenvalue weighted by atomic mass is 15.2. The predicted octanol–water partition coefficient (Wildman–Crippen LogP) is 3.81. The first kappa shape index (κ1) is 15.3. The quantitative estimate of drug-likeness (QED) is 0.719. The van der Waals surface area contributed by atoms with E-state index in [1.165, 1.54) is 58.0 Å². The summed E-state index contributed by atoms with van der Waals surface area (Å²) in [5.41, 5.74) is 0.471. The lowest BCUT2D eigenvalue weighted by Gasteiger charge is -2.38. The van der Waals surface area contributed by atoms with Crippen LogP contribution < -0.4 is 5.32 Å². The molecule has 19 heavy (non-hydrogen) atoms. The summed E-state index contributed by atoms with van der Waals surface area (Å²) < 4.78 is 0. The molecule has 2 aliphatic rings. The molecule has 112 valence electrons. The first-order chi connectivity index (χ1) is 9.10. The van der Waals surface area contributed by atoms with Crippen molar-refractivity contribution in [2.24, 2.45) is 5.41 Å². The highest BCUT2D eigenvalue weighted by Gasteiger charge is 2.46. The molecule has 0 heterocycles. The van der Waals surface area contributed by atoms with Gasteiger partial charge in [-0.3, -0.25) is 4.90 Å². The highest BCUT2D eigenvalue weighted by Crippen LogP contribution is 2.43. The summed E-state index contributed by atoms with van der Waals surface area (Å²) in [7, 11) is 0. The highest BCUT2D eigenvalue weighted by molar-refractivity contribution is 5.04.